The molecule has 1 aliphatic carbocycles. The molecule has 0 amide bonds. The Bertz CT molecular complexity index is 696. The first-order chi connectivity index (χ1) is 10.1. The first-order valence-corrected chi connectivity index (χ1v) is 8.84. The van der Waals surface area contributed by atoms with Gasteiger partial charge < -0.3 is 4.74 Å². The fourth-order valence-electron chi connectivity index (χ4n) is 2.68. The maximum Gasteiger partial charge on any atom is 0.333 e. The average Bonchev–Trinajstić information content (AvgIpc) is 2.35. The minimum absolute atomic E-state index is 0.124. The number of hydrogen-bond donors (Lipinski definition) is 0. The number of carbonyl (C=O) groups is 1. The van der Waals surface area contributed by atoms with E-state index in [1.54, 1.807) is 6.92 Å². The monoisotopic (exact) mass is 356 g/mol. The molecule has 0 heterocycles. The Morgan fingerprint density at radius 2 is 1.87 bits per heavy atom. The van der Waals surface area contributed by atoms with Crippen molar-refractivity contribution in [3.8, 4) is 0 Å². The van der Waals surface area contributed by atoms with Crippen LogP contribution in [0.1, 0.15) is 37.8 Å². The standard InChI is InChI=1S/C15H17F5O2S/c1-10(2)14(21)22-15(3)8-4-5-11-9-12(6-7-13(11)15)23(16,17,18,19)20/h6-7,9H,1,4-5,8H2,2-3H3. The van der Waals surface area contributed by atoms with Gasteiger partial charge in [-0.1, -0.05) is 32.1 Å². The van der Waals surface area contributed by atoms with E-state index in [0.717, 1.165) is 6.07 Å². The van der Waals surface area contributed by atoms with Crippen LogP contribution < -0.4 is 0 Å². The zero-order chi connectivity index (χ0) is 17.7. The minimum atomic E-state index is -9.72. The molecular weight excluding hydrogens is 339 g/mol. The van der Waals surface area contributed by atoms with Crippen LogP contribution in [0.5, 0.6) is 0 Å². The maximum atomic E-state index is 12.9. The van der Waals surface area contributed by atoms with Crippen LogP contribution in [0.25, 0.3) is 0 Å². The van der Waals surface area contributed by atoms with Crippen molar-refractivity contribution < 1.29 is 29.0 Å². The van der Waals surface area contributed by atoms with Gasteiger partial charge in [-0.15, -0.1) is 0 Å². The van der Waals surface area contributed by atoms with Crippen LogP contribution in [0.2, 0.25) is 0 Å². The summed E-state index contributed by atoms with van der Waals surface area (Å²) in [5, 5.41) is 0. The number of aryl methyl sites for hydroxylation is 1. The van der Waals surface area contributed by atoms with Gasteiger partial charge in [0, 0.05) is 5.57 Å². The number of ether oxygens (including phenoxy) is 1. The molecule has 2 rings (SSSR count). The Labute approximate surface area is 131 Å². The lowest BCUT2D eigenvalue weighted by Gasteiger charge is -2.42. The highest BCUT2D eigenvalue weighted by molar-refractivity contribution is 8.45. The van der Waals surface area contributed by atoms with Gasteiger partial charge in [0.2, 0.25) is 0 Å². The molecule has 0 fully saturated rings. The topological polar surface area (TPSA) is 26.3 Å². The summed E-state index contributed by atoms with van der Waals surface area (Å²) in [4.78, 5) is 9.82. The molecular formula is C15H17F5O2S. The summed E-state index contributed by atoms with van der Waals surface area (Å²) in [7, 11) is -9.72. The molecule has 1 aromatic rings. The molecule has 0 N–H and O–H groups in total. The van der Waals surface area contributed by atoms with Gasteiger partial charge in [-0.05, 0) is 56.4 Å². The number of hydrogen-bond acceptors (Lipinski definition) is 2. The summed E-state index contributed by atoms with van der Waals surface area (Å²) in [6.07, 6.45) is 1.04. The molecule has 0 aromatic heterocycles. The number of fused-ring (bicyclic) bond motifs is 1. The van der Waals surface area contributed by atoms with Crippen molar-refractivity contribution in [1.29, 1.82) is 0 Å². The molecule has 130 valence electrons. The molecule has 1 aliphatic rings. The Balaban J connectivity index is 2.50. The third-order valence-electron chi connectivity index (χ3n) is 3.86. The van der Waals surface area contributed by atoms with E-state index in [9.17, 15) is 24.2 Å². The average molecular weight is 356 g/mol. The summed E-state index contributed by atoms with van der Waals surface area (Å²) < 4.78 is 70.0. The SMILES string of the molecule is C=C(C)C(=O)OC1(C)CCCc2cc(S(F)(F)(F)(F)F)ccc21. The Hall–Kier alpha value is -1.57. The van der Waals surface area contributed by atoms with Crippen LogP contribution in [-0.2, 0) is 21.6 Å². The van der Waals surface area contributed by atoms with E-state index in [1.807, 2.05) is 0 Å². The van der Waals surface area contributed by atoms with E-state index in [-0.39, 0.29) is 17.6 Å². The molecule has 2 nitrogen and oxygen atoms in total. The van der Waals surface area contributed by atoms with Crippen molar-refractivity contribution in [2.45, 2.75) is 43.6 Å². The van der Waals surface area contributed by atoms with Crippen LogP contribution >= 0.6 is 10.2 Å². The van der Waals surface area contributed by atoms with Crippen LogP contribution in [0.3, 0.4) is 0 Å². The molecule has 0 bridgehead atoms. The van der Waals surface area contributed by atoms with Crippen LogP contribution in [0, 0.1) is 0 Å². The first-order valence-electron chi connectivity index (χ1n) is 6.89. The van der Waals surface area contributed by atoms with Crippen molar-refractivity contribution in [2.75, 3.05) is 0 Å². The molecule has 0 spiro atoms. The van der Waals surface area contributed by atoms with Crippen molar-refractivity contribution in [1.82, 2.24) is 0 Å². The summed E-state index contributed by atoms with van der Waals surface area (Å²) >= 11 is 0. The van der Waals surface area contributed by atoms with Gasteiger partial charge in [-0.2, -0.15) is 0 Å². The zero-order valence-corrected chi connectivity index (χ0v) is 13.5. The smallest absolute Gasteiger partial charge is 0.333 e. The molecule has 0 saturated carbocycles. The lowest BCUT2D eigenvalue weighted by Crippen LogP contribution is -2.33. The van der Waals surface area contributed by atoms with Crippen molar-refractivity contribution in [3.05, 3.63) is 41.5 Å². The molecule has 0 radical (unpaired) electrons. The van der Waals surface area contributed by atoms with Gasteiger partial charge >= 0.3 is 16.2 Å². The Kier molecular flexibility index (Phi) is 3.47. The number of benzene rings is 1. The molecule has 23 heavy (non-hydrogen) atoms. The molecule has 1 unspecified atom stereocenters. The normalized spacial score (nSPS) is 24.1. The molecule has 0 saturated heterocycles. The van der Waals surface area contributed by atoms with E-state index < -0.39 is 26.7 Å². The Morgan fingerprint density at radius 3 is 2.39 bits per heavy atom. The highest BCUT2D eigenvalue weighted by atomic mass is 32.5. The van der Waals surface area contributed by atoms with Gasteiger partial charge in [0.25, 0.3) is 0 Å². The highest BCUT2D eigenvalue weighted by Gasteiger charge is 2.65. The summed E-state index contributed by atoms with van der Waals surface area (Å²) in [5.74, 6) is -0.669. The van der Waals surface area contributed by atoms with Crippen molar-refractivity contribution in [3.63, 3.8) is 0 Å². The second kappa shape index (κ2) is 4.49. The van der Waals surface area contributed by atoms with Crippen LogP contribution in [0.15, 0.2) is 35.2 Å². The van der Waals surface area contributed by atoms with Gasteiger partial charge in [-0.3, -0.25) is 0 Å². The van der Waals surface area contributed by atoms with E-state index in [2.05, 4.69) is 6.58 Å². The van der Waals surface area contributed by atoms with Crippen molar-refractivity contribution >= 4 is 16.2 Å². The largest absolute Gasteiger partial charge is 0.451 e. The maximum absolute atomic E-state index is 12.9. The fourth-order valence-corrected chi connectivity index (χ4v) is 3.37. The van der Waals surface area contributed by atoms with E-state index in [4.69, 9.17) is 4.74 Å². The second-order valence-corrected chi connectivity index (χ2v) is 8.45. The van der Waals surface area contributed by atoms with Gasteiger partial charge in [-0.25, -0.2) is 4.79 Å². The molecule has 1 aromatic carbocycles. The summed E-state index contributed by atoms with van der Waals surface area (Å²) in [5.41, 5.74) is -0.551. The molecule has 8 heteroatoms. The van der Waals surface area contributed by atoms with Gasteiger partial charge in [0.1, 0.15) is 10.5 Å². The summed E-state index contributed by atoms with van der Waals surface area (Å²) in [6.45, 7) is 6.47. The lowest BCUT2D eigenvalue weighted by molar-refractivity contribution is -0.155. The fraction of sp³-hybridized carbons (Fsp3) is 0.400. The predicted molar refractivity (Wildman–Crippen MR) is 79.0 cm³/mol. The zero-order valence-electron chi connectivity index (χ0n) is 12.7. The first kappa shape index (κ1) is 17.8. The van der Waals surface area contributed by atoms with E-state index in [1.165, 1.54) is 6.92 Å². The van der Waals surface area contributed by atoms with Crippen molar-refractivity contribution in [2.24, 2.45) is 0 Å². The number of halogens is 5. The molecule has 1 atom stereocenters. The quantitative estimate of drug-likeness (QED) is 0.376. The highest BCUT2D eigenvalue weighted by Crippen LogP contribution is 3.02. The third-order valence-corrected chi connectivity index (χ3v) is 5.00. The molecule has 0 aliphatic heterocycles. The third kappa shape index (κ3) is 3.68. The number of carbonyl (C=O) groups excluding carboxylic acids is 1. The Morgan fingerprint density at radius 1 is 1.26 bits per heavy atom. The van der Waals surface area contributed by atoms with Crippen LogP contribution in [0.4, 0.5) is 19.4 Å². The minimum Gasteiger partial charge on any atom is -0.451 e. The number of rotatable bonds is 3. The summed E-state index contributed by atoms with van der Waals surface area (Å²) in [6, 6.07) is 1.81. The van der Waals surface area contributed by atoms with Gasteiger partial charge in [0.05, 0.1) is 0 Å². The van der Waals surface area contributed by atoms with E-state index >= 15 is 0 Å². The lowest BCUT2D eigenvalue weighted by atomic mass is 9.80. The second-order valence-electron chi connectivity index (χ2n) is 6.04. The van der Waals surface area contributed by atoms with E-state index in [0.29, 0.717) is 30.5 Å². The van der Waals surface area contributed by atoms with Gasteiger partial charge in [0.15, 0.2) is 0 Å². The number of esters is 1. The predicted octanol–water partition coefficient (Wildman–Crippen LogP) is 6.01. The van der Waals surface area contributed by atoms with Crippen LogP contribution in [-0.4, -0.2) is 5.97 Å².